The minimum absolute atomic E-state index is 0.0413. The molecule has 2 heterocycles. The number of rotatable bonds is 8. The number of hydrogen-bond donors (Lipinski definition) is 1. The highest BCUT2D eigenvalue weighted by Gasteiger charge is 2.42. The fourth-order valence-electron chi connectivity index (χ4n) is 4.44. The maximum atomic E-state index is 13.3. The Balaban J connectivity index is 1.92. The predicted molar refractivity (Wildman–Crippen MR) is 129 cm³/mol. The van der Waals surface area contributed by atoms with Crippen LogP contribution in [0.4, 0.5) is 13.2 Å². The summed E-state index contributed by atoms with van der Waals surface area (Å²) in [5.41, 5.74) is -1.22. The summed E-state index contributed by atoms with van der Waals surface area (Å²) < 4.78 is 46.3. The molecular formula is C23H28Cl2F3N5O3. The van der Waals surface area contributed by atoms with Gasteiger partial charge in [0.05, 0.1) is 34.9 Å². The number of ether oxygens (including phenoxy) is 1. The van der Waals surface area contributed by atoms with Crippen LogP contribution in [0.25, 0.3) is 0 Å². The summed E-state index contributed by atoms with van der Waals surface area (Å²) >= 11 is 12.1. The molecule has 1 aromatic carbocycles. The third kappa shape index (κ3) is 5.80. The average Bonchev–Trinajstić information content (AvgIpc) is 3.10. The van der Waals surface area contributed by atoms with Crippen molar-refractivity contribution in [3.63, 3.8) is 0 Å². The molecule has 1 N–H and O–H groups in total. The molecule has 1 fully saturated rings. The summed E-state index contributed by atoms with van der Waals surface area (Å²) in [6.07, 6.45) is -4.54. The number of hydrogen-bond acceptors (Lipinski definition) is 6. The number of halogens is 5. The van der Waals surface area contributed by atoms with Crippen LogP contribution in [0.15, 0.2) is 18.2 Å². The van der Waals surface area contributed by atoms with E-state index in [1.54, 1.807) is 42.1 Å². The molecule has 198 valence electrons. The van der Waals surface area contributed by atoms with Gasteiger partial charge in [-0.25, -0.2) is 4.68 Å². The topological polar surface area (TPSA) is 79.7 Å². The molecule has 1 saturated heterocycles. The van der Waals surface area contributed by atoms with Gasteiger partial charge in [-0.15, -0.1) is 0 Å². The molecule has 1 atom stereocenters. The van der Waals surface area contributed by atoms with E-state index in [4.69, 9.17) is 27.9 Å². The van der Waals surface area contributed by atoms with Crippen LogP contribution in [0.3, 0.4) is 0 Å². The lowest BCUT2D eigenvalue weighted by Crippen LogP contribution is -2.55. The fraction of sp³-hybridized carbons (Fsp3) is 0.522. The van der Waals surface area contributed by atoms with Gasteiger partial charge >= 0.3 is 6.18 Å². The number of aldehydes is 1. The number of likely N-dealkylation sites (tertiary alicyclic amines) is 1. The Morgan fingerprint density at radius 1 is 1.31 bits per heavy atom. The van der Waals surface area contributed by atoms with Gasteiger partial charge in [-0.2, -0.15) is 18.3 Å². The van der Waals surface area contributed by atoms with Crippen molar-refractivity contribution in [1.29, 1.82) is 0 Å². The van der Waals surface area contributed by atoms with Crippen molar-refractivity contribution in [2.45, 2.75) is 37.6 Å². The van der Waals surface area contributed by atoms with Crippen molar-refractivity contribution in [3.05, 3.63) is 45.2 Å². The number of amides is 1. The maximum Gasteiger partial charge on any atom is 0.436 e. The largest absolute Gasteiger partial charge is 0.495 e. The Kier molecular flexibility index (Phi) is 8.59. The van der Waals surface area contributed by atoms with Crippen LogP contribution in [-0.2, 0) is 21.3 Å². The molecule has 0 saturated carbocycles. The van der Waals surface area contributed by atoms with Crippen molar-refractivity contribution < 1.29 is 27.5 Å². The first-order valence-corrected chi connectivity index (χ1v) is 11.9. The second-order valence-corrected chi connectivity index (χ2v) is 9.78. The normalized spacial score (nSPS) is 17.2. The smallest absolute Gasteiger partial charge is 0.436 e. The van der Waals surface area contributed by atoms with E-state index in [0.717, 1.165) is 10.2 Å². The van der Waals surface area contributed by atoms with Crippen LogP contribution in [-0.4, -0.2) is 72.6 Å². The third-order valence-corrected chi connectivity index (χ3v) is 7.05. The molecule has 0 radical (unpaired) electrons. The highest BCUT2D eigenvalue weighted by atomic mass is 35.5. The van der Waals surface area contributed by atoms with E-state index in [1.165, 1.54) is 14.0 Å². The van der Waals surface area contributed by atoms with E-state index in [0.29, 0.717) is 29.9 Å². The van der Waals surface area contributed by atoms with Crippen molar-refractivity contribution in [2.75, 3.05) is 40.8 Å². The number of nitrogens with one attached hydrogen (secondary N) is 1. The number of alkyl halides is 3. The number of benzene rings is 1. The average molecular weight is 550 g/mol. The van der Waals surface area contributed by atoms with Crippen LogP contribution in [0.5, 0.6) is 5.75 Å². The highest BCUT2D eigenvalue weighted by molar-refractivity contribution is 6.32. The van der Waals surface area contributed by atoms with E-state index in [9.17, 15) is 22.8 Å². The SMILES string of the molecule is COc1cc(C2(NC(=O)CN(C)C)CCN(C(C=O)n3nc(C(F)(F)F)c(Cl)c3C)CC2)ccc1Cl. The van der Waals surface area contributed by atoms with Gasteiger partial charge in [0.25, 0.3) is 0 Å². The molecule has 0 bridgehead atoms. The van der Waals surface area contributed by atoms with E-state index >= 15 is 0 Å². The summed E-state index contributed by atoms with van der Waals surface area (Å²) in [6.45, 7) is 2.12. The summed E-state index contributed by atoms with van der Waals surface area (Å²) in [6, 6.07) is 5.25. The Hall–Kier alpha value is -2.34. The van der Waals surface area contributed by atoms with Gasteiger partial charge in [-0.05, 0) is 51.6 Å². The molecular weight excluding hydrogens is 522 g/mol. The first-order chi connectivity index (χ1) is 16.8. The van der Waals surface area contributed by atoms with Crippen molar-refractivity contribution in [1.82, 2.24) is 24.9 Å². The van der Waals surface area contributed by atoms with Gasteiger partial charge in [0.2, 0.25) is 5.91 Å². The summed E-state index contributed by atoms with van der Waals surface area (Å²) in [7, 11) is 5.05. The molecule has 3 rings (SSSR count). The van der Waals surface area contributed by atoms with Crippen LogP contribution in [0.2, 0.25) is 10.0 Å². The second kappa shape index (κ2) is 11.0. The van der Waals surface area contributed by atoms with Crippen LogP contribution in [0, 0.1) is 6.92 Å². The number of nitrogens with zero attached hydrogens (tertiary/aromatic N) is 4. The minimum atomic E-state index is -4.75. The number of methoxy groups -OCH3 is 1. The van der Waals surface area contributed by atoms with Crippen molar-refractivity contribution >= 4 is 35.4 Å². The van der Waals surface area contributed by atoms with Crippen LogP contribution in [0.1, 0.15) is 36.0 Å². The quantitative estimate of drug-likeness (QED) is 0.503. The standard InChI is InChI=1S/C23H28Cl2F3N5O3/c1-14-20(25)21(23(26,27)28)30-33(14)19(13-34)32-9-7-22(8-10-32,29-18(35)12-31(2)3)15-5-6-16(24)17(11-15)36-4/h5-6,11,13,19H,7-10,12H2,1-4H3,(H,29,35). The van der Waals surface area contributed by atoms with Crippen LogP contribution < -0.4 is 10.1 Å². The Morgan fingerprint density at radius 3 is 2.44 bits per heavy atom. The lowest BCUT2D eigenvalue weighted by molar-refractivity contribution is -0.142. The molecule has 1 aliphatic heterocycles. The zero-order chi connectivity index (χ0) is 26.8. The number of likely N-dealkylation sites (N-methyl/N-ethyl adjacent to an activating group) is 1. The van der Waals surface area contributed by atoms with Gasteiger partial charge in [0, 0.05) is 13.1 Å². The number of carbonyl (C=O) groups excluding carboxylic acids is 2. The molecule has 1 unspecified atom stereocenters. The van der Waals surface area contributed by atoms with Gasteiger partial charge in [0.15, 0.2) is 18.1 Å². The first-order valence-electron chi connectivity index (χ1n) is 11.1. The van der Waals surface area contributed by atoms with E-state index in [1.807, 2.05) is 0 Å². The molecule has 0 spiro atoms. The zero-order valence-corrected chi connectivity index (χ0v) is 21.8. The van der Waals surface area contributed by atoms with E-state index in [2.05, 4.69) is 10.4 Å². The first kappa shape index (κ1) is 28.2. The Morgan fingerprint density at radius 2 is 1.94 bits per heavy atom. The molecule has 13 heteroatoms. The van der Waals surface area contributed by atoms with Gasteiger partial charge in [0.1, 0.15) is 5.75 Å². The third-order valence-electron chi connectivity index (χ3n) is 6.29. The molecule has 2 aromatic rings. The van der Waals surface area contributed by atoms with Gasteiger partial charge in [-0.3, -0.25) is 14.5 Å². The predicted octanol–water partition coefficient (Wildman–Crippen LogP) is 3.89. The van der Waals surface area contributed by atoms with Crippen molar-refractivity contribution in [3.8, 4) is 5.75 Å². The van der Waals surface area contributed by atoms with E-state index < -0.39 is 28.6 Å². The molecule has 1 aromatic heterocycles. The monoisotopic (exact) mass is 549 g/mol. The highest BCUT2D eigenvalue weighted by Crippen LogP contribution is 2.40. The lowest BCUT2D eigenvalue weighted by Gasteiger charge is -2.44. The number of aromatic nitrogens is 2. The van der Waals surface area contributed by atoms with Crippen molar-refractivity contribution in [2.24, 2.45) is 0 Å². The molecule has 1 aliphatic rings. The van der Waals surface area contributed by atoms with Gasteiger partial charge in [-0.1, -0.05) is 29.3 Å². The molecule has 8 nitrogen and oxygen atoms in total. The molecule has 0 aliphatic carbocycles. The van der Waals surface area contributed by atoms with E-state index in [-0.39, 0.29) is 31.2 Å². The number of carbonyl (C=O) groups is 2. The Labute approximate surface area is 217 Å². The fourth-order valence-corrected chi connectivity index (χ4v) is 4.87. The minimum Gasteiger partial charge on any atom is -0.495 e. The van der Waals surface area contributed by atoms with Crippen LogP contribution >= 0.6 is 23.2 Å². The maximum absolute atomic E-state index is 13.3. The summed E-state index contributed by atoms with van der Waals surface area (Å²) in [5.74, 6) is 0.254. The summed E-state index contributed by atoms with van der Waals surface area (Å²) in [4.78, 5) is 28.3. The van der Waals surface area contributed by atoms with Gasteiger partial charge < -0.3 is 15.0 Å². The summed E-state index contributed by atoms with van der Waals surface area (Å²) in [5, 5.41) is 6.62. The molecule has 36 heavy (non-hydrogen) atoms. The second-order valence-electron chi connectivity index (χ2n) is 8.99. The molecule has 1 amide bonds. The zero-order valence-electron chi connectivity index (χ0n) is 20.3. The number of piperidine rings is 1. The lowest BCUT2D eigenvalue weighted by atomic mass is 9.80. The Bertz CT molecular complexity index is 1120.